The first kappa shape index (κ1) is 10.8. The van der Waals surface area contributed by atoms with Gasteiger partial charge in [0.05, 0.1) is 13.1 Å². The smallest absolute Gasteiger partial charge is 0.419 e. The monoisotopic (exact) mass is 197 g/mol. The van der Waals surface area contributed by atoms with Gasteiger partial charge in [0.2, 0.25) is 0 Å². The van der Waals surface area contributed by atoms with E-state index in [0.29, 0.717) is 5.82 Å². The van der Waals surface area contributed by atoms with Crippen molar-refractivity contribution in [2.75, 3.05) is 0 Å². The Bertz CT molecular complexity index is 294. The molecule has 0 fully saturated rings. The van der Waals surface area contributed by atoms with Gasteiger partial charge in [0.15, 0.2) is 0 Å². The highest BCUT2D eigenvalue weighted by Crippen LogP contribution is 1.98. The van der Waals surface area contributed by atoms with Crippen LogP contribution in [0.25, 0.3) is 0 Å². The number of aromatic nitrogens is 2. The van der Waals surface area contributed by atoms with Crippen molar-refractivity contribution in [3.8, 4) is 0 Å². The van der Waals surface area contributed by atoms with Gasteiger partial charge in [0.1, 0.15) is 12.4 Å². The molecule has 0 saturated heterocycles. The number of carboxylic acids is 1. The number of carbonyl (C=O) groups is 1. The molecule has 0 bridgehead atoms. The molecular formula is C10H17N2O2+. The second-order valence-electron chi connectivity index (χ2n) is 3.31. The summed E-state index contributed by atoms with van der Waals surface area (Å²) >= 11 is 0. The van der Waals surface area contributed by atoms with Gasteiger partial charge < -0.3 is 5.11 Å². The number of carboxylic acid groups (broad SMARTS) is 1. The first-order valence-electron chi connectivity index (χ1n) is 5.02. The SMILES string of the molecule is CCCn1cc[n+](CCC)c1C(=O)O. The van der Waals surface area contributed by atoms with Gasteiger partial charge in [0, 0.05) is 0 Å². The van der Waals surface area contributed by atoms with Crippen molar-refractivity contribution < 1.29 is 14.5 Å². The number of aryl methyl sites for hydroxylation is 2. The van der Waals surface area contributed by atoms with E-state index in [1.807, 2.05) is 26.2 Å². The third-order valence-corrected chi connectivity index (χ3v) is 2.09. The Morgan fingerprint density at radius 2 is 2.21 bits per heavy atom. The van der Waals surface area contributed by atoms with E-state index in [-0.39, 0.29) is 0 Å². The van der Waals surface area contributed by atoms with E-state index in [9.17, 15) is 4.79 Å². The summed E-state index contributed by atoms with van der Waals surface area (Å²) in [5.74, 6) is -0.467. The Balaban J connectivity index is 3.00. The van der Waals surface area contributed by atoms with E-state index in [0.717, 1.165) is 25.9 Å². The van der Waals surface area contributed by atoms with Crippen LogP contribution in [-0.4, -0.2) is 15.6 Å². The predicted octanol–water partition coefficient (Wildman–Crippen LogP) is 1.29. The fourth-order valence-electron chi connectivity index (χ4n) is 1.56. The number of imidazole rings is 1. The van der Waals surface area contributed by atoms with Crippen LogP contribution in [0, 0.1) is 0 Å². The molecule has 14 heavy (non-hydrogen) atoms. The highest BCUT2D eigenvalue weighted by Gasteiger charge is 2.23. The summed E-state index contributed by atoms with van der Waals surface area (Å²) < 4.78 is 3.58. The van der Waals surface area contributed by atoms with Crippen molar-refractivity contribution >= 4 is 5.97 Å². The summed E-state index contributed by atoms with van der Waals surface area (Å²) in [5.41, 5.74) is 0. The predicted molar refractivity (Wildman–Crippen MR) is 52.2 cm³/mol. The lowest BCUT2D eigenvalue weighted by atomic mass is 10.4. The zero-order chi connectivity index (χ0) is 10.6. The fraction of sp³-hybridized carbons (Fsp3) is 0.600. The minimum Gasteiger partial charge on any atom is -0.472 e. The van der Waals surface area contributed by atoms with Gasteiger partial charge in [-0.1, -0.05) is 13.8 Å². The maximum absolute atomic E-state index is 11.0. The van der Waals surface area contributed by atoms with Crippen molar-refractivity contribution in [3.05, 3.63) is 18.2 Å². The van der Waals surface area contributed by atoms with Crippen LogP contribution in [0.4, 0.5) is 0 Å². The van der Waals surface area contributed by atoms with Gasteiger partial charge in [-0.25, -0.2) is 13.9 Å². The van der Waals surface area contributed by atoms with Crippen molar-refractivity contribution in [1.29, 1.82) is 0 Å². The fourth-order valence-corrected chi connectivity index (χ4v) is 1.56. The lowest BCUT2D eigenvalue weighted by Gasteiger charge is -1.98. The molecule has 1 aromatic rings. The standard InChI is InChI=1S/C10H16N2O2/c1-3-5-11-7-8-12(6-4-2)9(11)10(13)14/h7-8H,3-6H2,1-2H3/p+1. The van der Waals surface area contributed by atoms with Gasteiger partial charge in [-0.05, 0) is 12.8 Å². The Kier molecular flexibility index (Phi) is 3.68. The highest BCUT2D eigenvalue weighted by molar-refractivity contribution is 5.81. The van der Waals surface area contributed by atoms with E-state index < -0.39 is 5.97 Å². The maximum atomic E-state index is 11.0. The summed E-state index contributed by atoms with van der Waals surface area (Å²) in [6, 6.07) is 0. The van der Waals surface area contributed by atoms with E-state index in [4.69, 9.17) is 5.11 Å². The molecule has 0 aromatic carbocycles. The third kappa shape index (κ3) is 2.13. The quantitative estimate of drug-likeness (QED) is 0.723. The second kappa shape index (κ2) is 4.79. The molecule has 0 spiro atoms. The van der Waals surface area contributed by atoms with Gasteiger partial charge in [-0.2, -0.15) is 0 Å². The van der Waals surface area contributed by atoms with Crippen molar-refractivity contribution in [1.82, 2.24) is 4.57 Å². The number of hydrogen-bond acceptors (Lipinski definition) is 1. The average Bonchev–Trinajstić information content (AvgIpc) is 2.49. The van der Waals surface area contributed by atoms with E-state index >= 15 is 0 Å². The molecule has 1 rings (SSSR count). The molecule has 4 heteroatoms. The van der Waals surface area contributed by atoms with Crippen LogP contribution in [0.3, 0.4) is 0 Å². The van der Waals surface area contributed by atoms with Crippen LogP contribution in [0.15, 0.2) is 12.4 Å². The molecule has 1 heterocycles. The first-order valence-corrected chi connectivity index (χ1v) is 5.02. The van der Waals surface area contributed by atoms with Gasteiger partial charge in [-0.15, -0.1) is 0 Å². The molecule has 0 radical (unpaired) electrons. The normalized spacial score (nSPS) is 10.4. The lowest BCUT2D eigenvalue weighted by Crippen LogP contribution is -2.39. The first-order chi connectivity index (χ1) is 6.70. The summed E-state index contributed by atoms with van der Waals surface area (Å²) in [4.78, 5) is 11.0. The zero-order valence-electron chi connectivity index (χ0n) is 8.73. The lowest BCUT2D eigenvalue weighted by molar-refractivity contribution is -0.698. The maximum Gasteiger partial charge on any atom is 0.419 e. The van der Waals surface area contributed by atoms with Gasteiger partial charge >= 0.3 is 11.8 Å². The van der Waals surface area contributed by atoms with Crippen LogP contribution >= 0.6 is 0 Å². The van der Waals surface area contributed by atoms with Crippen molar-refractivity contribution in [2.24, 2.45) is 0 Å². The summed E-state index contributed by atoms with van der Waals surface area (Å²) in [6.45, 7) is 5.60. The van der Waals surface area contributed by atoms with Crippen LogP contribution in [-0.2, 0) is 13.1 Å². The molecule has 0 unspecified atom stereocenters. The number of hydrogen-bond donors (Lipinski definition) is 1. The van der Waals surface area contributed by atoms with E-state index in [1.54, 1.807) is 9.13 Å². The van der Waals surface area contributed by atoms with Crippen molar-refractivity contribution in [2.45, 2.75) is 39.8 Å². The van der Waals surface area contributed by atoms with Crippen LogP contribution in [0.5, 0.6) is 0 Å². The topological polar surface area (TPSA) is 46.1 Å². The van der Waals surface area contributed by atoms with E-state index in [1.165, 1.54) is 0 Å². The summed E-state index contributed by atoms with van der Waals surface area (Å²) in [6.07, 6.45) is 5.56. The molecule has 4 nitrogen and oxygen atoms in total. The summed E-state index contributed by atoms with van der Waals surface area (Å²) in [5, 5.41) is 9.05. The molecule has 0 atom stereocenters. The number of nitrogens with zero attached hydrogens (tertiary/aromatic N) is 2. The molecule has 0 aliphatic rings. The molecule has 0 amide bonds. The Morgan fingerprint density at radius 3 is 2.71 bits per heavy atom. The molecule has 78 valence electrons. The third-order valence-electron chi connectivity index (χ3n) is 2.09. The average molecular weight is 197 g/mol. The molecule has 1 aromatic heterocycles. The Morgan fingerprint density at radius 1 is 1.50 bits per heavy atom. The largest absolute Gasteiger partial charge is 0.472 e. The van der Waals surface area contributed by atoms with Crippen LogP contribution in [0.2, 0.25) is 0 Å². The Hall–Kier alpha value is -1.32. The molecule has 0 aliphatic carbocycles. The molecule has 0 aliphatic heterocycles. The minimum atomic E-state index is -0.850. The van der Waals surface area contributed by atoms with Crippen LogP contribution in [0.1, 0.15) is 37.3 Å². The Labute approximate surface area is 83.8 Å². The van der Waals surface area contributed by atoms with Gasteiger partial charge in [0.25, 0.3) is 0 Å². The van der Waals surface area contributed by atoms with Crippen molar-refractivity contribution in [3.63, 3.8) is 0 Å². The van der Waals surface area contributed by atoms with Gasteiger partial charge in [-0.3, -0.25) is 0 Å². The van der Waals surface area contributed by atoms with Crippen LogP contribution < -0.4 is 4.57 Å². The zero-order valence-corrected chi connectivity index (χ0v) is 8.73. The highest BCUT2D eigenvalue weighted by atomic mass is 16.4. The molecule has 0 saturated carbocycles. The van der Waals surface area contributed by atoms with E-state index in [2.05, 4.69) is 0 Å². The summed E-state index contributed by atoms with van der Waals surface area (Å²) in [7, 11) is 0. The second-order valence-corrected chi connectivity index (χ2v) is 3.31. The molecule has 1 N–H and O–H groups in total. The number of rotatable bonds is 5. The molecular weight excluding hydrogens is 180 g/mol. The minimum absolute atomic E-state index is 0.383. The number of aromatic carboxylic acids is 1.